The average molecular weight is 468 g/mol. The van der Waals surface area contributed by atoms with Gasteiger partial charge in [-0.15, -0.1) is 0 Å². The van der Waals surface area contributed by atoms with Gasteiger partial charge in [-0.2, -0.15) is 0 Å². The van der Waals surface area contributed by atoms with E-state index in [0.29, 0.717) is 23.4 Å². The number of ether oxygens (including phenoxy) is 1. The van der Waals surface area contributed by atoms with Crippen LogP contribution in [0, 0.1) is 5.82 Å². The molecule has 20 heavy (non-hydrogen) atoms. The molecule has 0 heterocycles. The van der Waals surface area contributed by atoms with Gasteiger partial charge in [0, 0.05) is 6.54 Å². The Morgan fingerprint density at radius 3 is 2.10 bits per heavy atom. The molecule has 0 atom stereocenters. The van der Waals surface area contributed by atoms with Crippen molar-refractivity contribution in [2.24, 2.45) is 5.73 Å². The van der Waals surface area contributed by atoms with Gasteiger partial charge >= 0.3 is 0 Å². The van der Waals surface area contributed by atoms with Crippen LogP contribution in [0.15, 0.2) is 43.7 Å². The van der Waals surface area contributed by atoms with E-state index in [1.54, 1.807) is 12.1 Å². The van der Waals surface area contributed by atoms with Gasteiger partial charge in [0.05, 0.1) is 13.4 Å². The fourth-order valence-corrected chi connectivity index (χ4v) is 3.59. The molecule has 0 saturated carbocycles. The van der Waals surface area contributed by atoms with E-state index >= 15 is 0 Å². The third-order valence-electron chi connectivity index (χ3n) is 2.66. The van der Waals surface area contributed by atoms with Gasteiger partial charge in [0.15, 0.2) is 0 Å². The first-order chi connectivity index (χ1) is 9.51. The van der Waals surface area contributed by atoms with Crippen molar-refractivity contribution in [3.05, 3.63) is 60.7 Å². The van der Waals surface area contributed by atoms with Crippen molar-refractivity contribution in [3.63, 3.8) is 0 Å². The third kappa shape index (κ3) is 3.81. The molecule has 0 aliphatic heterocycles. The summed E-state index contributed by atoms with van der Waals surface area (Å²) in [6.07, 6.45) is 0. The molecule has 0 bridgehead atoms. The van der Waals surface area contributed by atoms with Crippen molar-refractivity contribution in [2.75, 3.05) is 0 Å². The lowest BCUT2D eigenvalue weighted by molar-refractivity contribution is 0.302. The highest BCUT2D eigenvalue weighted by atomic mass is 79.9. The van der Waals surface area contributed by atoms with E-state index in [9.17, 15) is 4.39 Å². The second kappa shape index (κ2) is 7.02. The summed E-state index contributed by atoms with van der Waals surface area (Å²) in [5.74, 6) is 0.408. The Bertz CT molecular complexity index is 611. The van der Waals surface area contributed by atoms with Crippen molar-refractivity contribution < 1.29 is 9.13 Å². The van der Waals surface area contributed by atoms with E-state index in [2.05, 4.69) is 47.8 Å². The Morgan fingerprint density at radius 2 is 1.55 bits per heavy atom. The third-order valence-corrected chi connectivity index (χ3v) is 4.45. The van der Waals surface area contributed by atoms with E-state index in [1.165, 1.54) is 6.07 Å². The molecule has 6 heteroatoms. The molecule has 0 aliphatic carbocycles. The Morgan fingerprint density at radius 1 is 0.950 bits per heavy atom. The van der Waals surface area contributed by atoms with Crippen molar-refractivity contribution in [2.45, 2.75) is 13.2 Å². The van der Waals surface area contributed by atoms with Gasteiger partial charge in [-0.25, -0.2) is 4.39 Å². The van der Waals surface area contributed by atoms with Gasteiger partial charge in [-0.05, 0) is 83.2 Å². The first-order valence-electron chi connectivity index (χ1n) is 5.76. The standard InChI is InChI=1S/C14H11Br3FNO/c15-10-3-8(1-2-13(10)18)7-20-14-11(16)4-9(6-19)5-12(14)17/h1-5H,6-7,19H2. The van der Waals surface area contributed by atoms with Crippen molar-refractivity contribution in [3.8, 4) is 5.75 Å². The van der Waals surface area contributed by atoms with Crippen LogP contribution in [-0.2, 0) is 13.2 Å². The van der Waals surface area contributed by atoms with Crippen LogP contribution in [0.3, 0.4) is 0 Å². The van der Waals surface area contributed by atoms with Crippen LogP contribution in [-0.4, -0.2) is 0 Å². The van der Waals surface area contributed by atoms with E-state index < -0.39 is 0 Å². The first kappa shape index (κ1) is 15.9. The highest BCUT2D eigenvalue weighted by molar-refractivity contribution is 9.11. The van der Waals surface area contributed by atoms with Crippen LogP contribution in [0.1, 0.15) is 11.1 Å². The summed E-state index contributed by atoms with van der Waals surface area (Å²) in [5, 5.41) is 0. The number of hydrogen-bond donors (Lipinski definition) is 1. The predicted octanol–water partition coefficient (Wildman–Crippen LogP) is 5.15. The minimum Gasteiger partial charge on any atom is -0.487 e. The maximum Gasteiger partial charge on any atom is 0.148 e. The summed E-state index contributed by atoms with van der Waals surface area (Å²) in [4.78, 5) is 0. The highest BCUT2D eigenvalue weighted by Crippen LogP contribution is 2.35. The number of rotatable bonds is 4. The zero-order valence-corrected chi connectivity index (χ0v) is 15.1. The lowest BCUT2D eigenvalue weighted by Gasteiger charge is -2.12. The minimum atomic E-state index is -0.289. The minimum absolute atomic E-state index is 0.289. The zero-order chi connectivity index (χ0) is 14.7. The number of halogens is 4. The predicted molar refractivity (Wildman–Crippen MR) is 88.2 cm³/mol. The topological polar surface area (TPSA) is 35.2 Å². The second-order valence-electron chi connectivity index (χ2n) is 4.13. The lowest BCUT2D eigenvalue weighted by atomic mass is 10.2. The molecule has 0 amide bonds. The van der Waals surface area contributed by atoms with Gasteiger partial charge in [-0.3, -0.25) is 0 Å². The Balaban J connectivity index is 2.16. The number of hydrogen-bond acceptors (Lipinski definition) is 2. The fourth-order valence-electron chi connectivity index (χ4n) is 1.65. The maximum absolute atomic E-state index is 13.2. The summed E-state index contributed by atoms with van der Waals surface area (Å²) in [5.41, 5.74) is 7.49. The van der Waals surface area contributed by atoms with Crippen LogP contribution >= 0.6 is 47.8 Å². The fraction of sp³-hybridized carbons (Fsp3) is 0.143. The van der Waals surface area contributed by atoms with E-state index in [1.807, 2.05) is 12.1 Å². The molecule has 0 saturated heterocycles. The van der Waals surface area contributed by atoms with Crippen molar-refractivity contribution >= 4 is 47.8 Å². The summed E-state index contributed by atoms with van der Waals surface area (Å²) < 4.78 is 21.0. The molecule has 2 aromatic rings. The smallest absolute Gasteiger partial charge is 0.148 e. The van der Waals surface area contributed by atoms with Gasteiger partial charge in [0.25, 0.3) is 0 Å². The maximum atomic E-state index is 13.2. The van der Waals surface area contributed by atoms with Gasteiger partial charge in [-0.1, -0.05) is 6.07 Å². The van der Waals surface area contributed by atoms with Crippen LogP contribution < -0.4 is 10.5 Å². The zero-order valence-electron chi connectivity index (χ0n) is 10.3. The molecular weight excluding hydrogens is 457 g/mol. The molecule has 2 N–H and O–H groups in total. The summed E-state index contributed by atoms with van der Waals surface area (Å²) >= 11 is 10.1. The van der Waals surface area contributed by atoms with Gasteiger partial charge in [0.1, 0.15) is 18.2 Å². The van der Waals surface area contributed by atoms with Crippen LogP contribution in [0.5, 0.6) is 5.75 Å². The molecule has 2 nitrogen and oxygen atoms in total. The molecule has 0 radical (unpaired) electrons. The Labute approximate surface area is 141 Å². The normalized spacial score (nSPS) is 10.7. The summed E-state index contributed by atoms with van der Waals surface area (Å²) in [6.45, 7) is 0.806. The van der Waals surface area contributed by atoms with Gasteiger partial charge in [0.2, 0.25) is 0 Å². The Hall–Kier alpha value is -0.430. The highest BCUT2D eigenvalue weighted by Gasteiger charge is 2.09. The molecule has 106 valence electrons. The number of benzene rings is 2. The van der Waals surface area contributed by atoms with Crippen LogP contribution in [0.4, 0.5) is 4.39 Å². The van der Waals surface area contributed by atoms with E-state index in [-0.39, 0.29) is 5.82 Å². The molecule has 2 aromatic carbocycles. The van der Waals surface area contributed by atoms with E-state index in [4.69, 9.17) is 10.5 Å². The van der Waals surface area contributed by atoms with E-state index in [0.717, 1.165) is 20.1 Å². The number of nitrogens with two attached hydrogens (primary N) is 1. The largest absolute Gasteiger partial charge is 0.487 e. The molecule has 0 aliphatic rings. The Kier molecular flexibility index (Phi) is 5.60. The lowest BCUT2D eigenvalue weighted by Crippen LogP contribution is -2.00. The SMILES string of the molecule is NCc1cc(Br)c(OCc2ccc(F)c(Br)c2)c(Br)c1. The average Bonchev–Trinajstić information content (AvgIpc) is 2.41. The molecule has 0 unspecified atom stereocenters. The second-order valence-corrected chi connectivity index (χ2v) is 6.69. The van der Waals surface area contributed by atoms with Crippen molar-refractivity contribution in [1.82, 2.24) is 0 Å². The van der Waals surface area contributed by atoms with Gasteiger partial charge < -0.3 is 10.5 Å². The molecular formula is C14H11Br3FNO. The van der Waals surface area contributed by atoms with Crippen LogP contribution in [0.2, 0.25) is 0 Å². The monoisotopic (exact) mass is 465 g/mol. The summed E-state index contributed by atoms with van der Waals surface area (Å²) in [6, 6.07) is 8.63. The first-order valence-corrected chi connectivity index (χ1v) is 8.14. The van der Waals surface area contributed by atoms with Crippen LogP contribution in [0.25, 0.3) is 0 Å². The molecule has 0 spiro atoms. The van der Waals surface area contributed by atoms with Crippen molar-refractivity contribution in [1.29, 1.82) is 0 Å². The summed E-state index contributed by atoms with van der Waals surface area (Å²) in [7, 11) is 0. The molecule has 0 aromatic heterocycles. The molecule has 2 rings (SSSR count). The molecule has 0 fully saturated rings. The quantitative estimate of drug-likeness (QED) is 0.674.